The van der Waals surface area contributed by atoms with Crippen molar-refractivity contribution in [3.63, 3.8) is 0 Å². The van der Waals surface area contributed by atoms with Crippen LogP contribution in [-0.2, 0) is 16.6 Å². The fourth-order valence-corrected chi connectivity index (χ4v) is 4.12. The van der Waals surface area contributed by atoms with Gasteiger partial charge in [0.25, 0.3) is 0 Å². The number of pyridine rings is 1. The van der Waals surface area contributed by atoms with Crippen molar-refractivity contribution in [3.05, 3.63) is 36.2 Å². The minimum Gasteiger partial charge on any atom is -0.267 e. The Morgan fingerprint density at radius 1 is 1.17 bits per heavy atom. The number of rotatable bonds is 7. The summed E-state index contributed by atoms with van der Waals surface area (Å²) < 4.78 is 28.4. The Morgan fingerprint density at radius 3 is 2.65 bits per heavy atom. The Labute approximate surface area is 136 Å². The lowest BCUT2D eigenvalue weighted by atomic mass is 10.2. The van der Waals surface area contributed by atoms with Gasteiger partial charge in [-0.2, -0.15) is 5.10 Å². The van der Waals surface area contributed by atoms with Crippen LogP contribution >= 0.6 is 0 Å². The molecule has 2 saturated carbocycles. The van der Waals surface area contributed by atoms with Gasteiger partial charge in [-0.15, -0.1) is 0 Å². The Bertz CT molecular complexity index is 793. The molecule has 2 heterocycles. The summed E-state index contributed by atoms with van der Waals surface area (Å²) in [5, 5.41) is 4.47. The van der Waals surface area contributed by atoms with Crippen LogP contribution in [0.5, 0.6) is 0 Å². The molecule has 6 nitrogen and oxygen atoms in total. The molecule has 0 atom stereocenters. The van der Waals surface area contributed by atoms with E-state index in [0.29, 0.717) is 19.0 Å². The highest BCUT2D eigenvalue weighted by Crippen LogP contribution is 2.41. The molecule has 2 aromatic rings. The van der Waals surface area contributed by atoms with Gasteiger partial charge >= 0.3 is 0 Å². The highest BCUT2D eigenvalue weighted by molar-refractivity contribution is 7.90. The number of sulfonamides is 1. The van der Waals surface area contributed by atoms with Crippen LogP contribution in [0.4, 0.5) is 0 Å². The van der Waals surface area contributed by atoms with Gasteiger partial charge in [0.1, 0.15) is 5.69 Å². The fourth-order valence-electron chi connectivity index (χ4n) is 2.75. The van der Waals surface area contributed by atoms with E-state index >= 15 is 0 Å². The van der Waals surface area contributed by atoms with E-state index in [0.717, 1.165) is 24.2 Å². The first-order valence-corrected chi connectivity index (χ1v) is 9.66. The van der Waals surface area contributed by atoms with Crippen molar-refractivity contribution in [1.82, 2.24) is 19.5 Å². The van der Waals surface area contributed by atoms with E-state index in [9.17, 15) is 8.42 Å². The van der Waals surface area contributed by atoms with Gasteiger partial charge in [0.05, 0.1) is 17.5 Å². The zero-order valence-electron chi connectivity index (χ0n) is 12.9. The lowest BCUT2D eigenvalue weighted by Gasteiger charge is -2.08. The van der Waals surface area contributed by atoms with Gasteiger partial charge in [0.15, 0.2) is 0 Å². The molecule has 2 aliphatic rings. The summed E-state index contributed by atoms with van der Waals surface area (Å²) in [6.45, 7) is 0.951. The molecular weight excluding hydrogens is 312 g/mol. The van der Waals surface area contributed by atoms with Crippen LogP contribution in [0, 0.1) is 0 Å². The first kappa shape index (κ1) is 14.8. The molecule has 23 heavy (non-hydrogen) atoms. The minimum absolute atomic E-state index is 0.174. The van der Waals surface area contributed by atoms with E-state index in [-0.39, 0.29) is 5.25 Å². The zero-order valence-corrected chi connectivity index (χ0v) is 13.7. The number of nitrogens with one attached hydrogen (secondary N) is 1. The monoisotopic (exact) mass is 332 g/mol. The van der Waals surface area contributed by atoms with E-state index < -0.39 is 10.0 Å². The first-order valence-electron chi connectivity index (χ1n) is 8.11. The topological polar surface area (TPSA) is 76.9 Å². The van der Waals surface area contributed by atoms with Crippen molar-refractivity contribution >= 4 is 10.0 Å². The second kappa shape index (κ2) is 5.72. The molecule has 2 aliphatic carbocycles. The molecular formula is C16H20N4O2S. The van der Waals surface area contributed by atoms with Crippen molar-refractivity contribution in [1.29, 1.82) is 0 Å². The standard InChI is InChI=1S/C16H20N4O2S/c21-23(22,13-6-7-13)18-9-10-20-16(12-4-5-12)11-15(19-20)14-3-1-2-8-17-14/h1-3,8,11-13,18H,4-7,9-10H2. The third kappa shape index (κ3) is 3.30. The van der Waals surface area contributed by atoms with Gasteiger partial charge < -0.3 is 0 Å². The number of hydrogen-bond donors (Lipinski definition) is 1. The summed E-state index contributed by atoms with van der Waals surface area (Å²) in [4.78, 5) is 4.35. The third-order valence-electron chi connectivity index (χ3n) is 4.32. The van der Waals surface area contributed by atoms with Crippen molar-refractivity contribution in [2.24, 2.45) is 0 Å². The third-order valence-corrected chi connectivity index (χ3v) is 6.28. The predicted octanol–water partition coefficient (Wildman–Crippen LogP) is 1.90. The van der Waals surface area contributed by atoms with Crippen molar-refractivity contribution in [2.75, 3.05) is 6.54 Å². The molecule has 0 radical (unpaired) electrons. The average molecular weight is 332 g/mol. The van der Waals surface area contributed by atoms with Crippen LogP contribution < -0.4 is 4.72 Å². The van der Waals surface area contributed by atoms with Crippen LogP contribution in [0.2, 0.25) is 0 Å². The zero-order chi connectivity index (χ0) is 15.9. The van der Waals surface area contributed by atoms with Crippen LogP contribution in [-0.4, -0.2) is 35.0 Å². The summed E-state index contributed by atoms with van der Waals surface area (Å²) in [7, 11) is -3.12. The maximum atomic E-state index is 11.9. The largest absolute Gasteiger partial charge is 0.267 e. The number of nitrogens with zero attached hydrogens (tertiary/aromatic N) is 3. The van der Waals surface area contributed by atoms with Gasteiger partial charge in [-0.1, -0.05) is 6.07 Å². The van der Waals surface area contributed by atoms with E-state index in [1.54, 1.807) is 6.20 Å². The normalized spacial score (nSPS) is 18.3. The molecule has 0 bridgehead atoms. The summed E-state index contributed by atoms with van der Waals surface area (Å²) in [6, 6.07) is 7.87. The maximum Gasteiger partial charge on any atom is 0.214 e. The van der Waals surface area contributed by atoms with Crippen molar-refractivity contribution in [2.45, 2.75) is 43.4 Å². The molecule has 0 unspecified atom stereocenters. The second-order valence-electron chi connectivity index (χ2n) is 6.31. The van der Waals surface area contributed by atoms with E-state index in [2.05, 4.69) is 20.9 Å². The molecule has 0 aromatic carbocycles. The Balaban J connectivity index is 1.49. The summed E-state index contributed by atoms with van der Waals surface area (Å²) >= 11 is 0. The number of aromatic nitrogens is 3. The predicted molar refractivity (Wildman–Crippen MR) is 87.4 cm³/mol. The molecule has 122 valence electrons. The van der Waals surface area contributed by atoms with E-state index in [1.165, 1.54) is 18.5 Å². The second-order valence-corrected chi connectivity index (χ2v) is 8.35. The summed E-state index contributed by atoms with van der Waals surface area (Å²) in [5.41, 5.74) is 2.90. The lowest BCUT2D eigenvalue weighted by molar-refractivity contribution is 0.551. The molecule has 4 rings (SSSR count). The Hall–Kier alpha value is -1.73. The fraction of sp³-hybridized carbons (Fsp3) is 0.500. The Morgan fingerprint density at radius 2 is 2.00 bits per heavy atom. The SMILES string of the molecule is O=S(=O)(NCCn1nc(-c2ccccn2)cc1C1CC1)C1CC1. The molecule has 2 aromatic heterocycles. The number of hydrogen-bond acceptors (Lipinski definition) is 4. The Kier molecular flexibility index (Phi) is 3.69. The molecule has 0 aliphatic heterocycles. The van der Waals surface area contributed by atoms with Crippen LogP contribution in [0.25, 0.3) is 11.4 Å². The minimum atomic E-state index is -3.12. The van der Waals surface area contributed by atoms with Gasteiger partial charge in [0.2, 0.25) is 10.0 Å². The van der Waals surface area contributed by atoms with Crippen molar-refractivity contribution in [3.8, 4) is 11.4 Å². The van der Waals surface area contributed by atoms with Crippen LogP contribution in [0.15, 0.2) is 30.5 Å². The molecule has 7 heteroatoms. The van der Waals surface area contributed by atoms with Gasteiger partial charge in [-0.05, 0) is 43.9 Å². The molecule has 0 spiro atoms. The summed E-state index contributed by atoms with van der Waals surface area (Å²) in [5.74, 6) is 0.556. The quantitative estimate of drug-likeness (QED) is 0.840. The van der Waals surface area contributed by atoms with E-state index in [4.69, 9.17) is 0 Å². The molecule has 2 fully saturated rings. The first-order chi connectivity index (χ1) is 11.1. The maximum absolute atomic E-state index is 11.9. The average Bonchev–Trinajstić information content (AvgIpc) is 3.45. The molecule has 1 N–H and O–H groups in total. The van der Waals surface area contributed by atoms with Crippen LogP contribution in [0.3, 0.4) is 0 Å². The molecule has 0 saturated heterocycles. The van der Waals surface area contributed by atoms with Gasteiger partial charge in [-0.25, -0.2) is 13.1 Å². The summed E-state index contributed by atoms with van der Waals surface area (Å²) in [6.07, 6.45) is 5.69. The van der Waals surface area contributed by atoms with E-state index in [1.807, 2.05) is 22.9 Å². The highest BCUT2D eigenvalue weighted by atomic mass is 32.2. The van der Waals surface area contributed by atoms with Crippen molar-refractivity contribution < 1.29 is 8.42 Å². The molecule has 0 amide bonds. The highest BCUT2D eigenvalue weighted by Gasteiger charge is 2.35. The van der Waals surface area contributed by atoms with Gasteiger partial charge in [-0.3, -0.25) is 9.67 Å². The van der Waals surface area contributed by atoms with Gasteiger partial charge in [0, 0.05) is 24.4 Å². The van der Waals surface area contributed by atoms with Crippen LogP contribution in [0.1, 0.15) is 37.3 Å². The lowest BCUT2D eigenvalue weighted by Crippen LogP contribution is -2.30. The smallest absolute Gasteiger partial charge is 0.214 e.